The second-order valence-corrected chi connectivity index (χ2v) is 5.16. The predicted octanol–water partition coefficient (Wildman–Crippen LogP) is 4.27. The lowest BCUT2D eigenvalue weighted by molar-refractivity contribution is 0.471. The third kappa shape index (κ3) is 2.98. The van der Waals surface area contributed by atoms with Crippen LogP contribution >= 0.6 is 15.9 Å². The molecule has 0 radical (unpaired) electrons. The average molecular weight is 335 g/mol. The third-order valence-electron chi connectivity index (χ3n) is 2.79. The molecule has 2 aromatic rings. The lowest BCUT2D eigenvalue weighted by Crippen LogP contribution is -2.04. The monoisotopic (exact) mass is 334 g/mol. The molecule has 1 atom stereocenters. The van der Waals surface area contributed by atoms with Crippen molar-refractivity contribution in [3.63, 3.8) is 0 Å². The maximum atomic E-state index is 13.5. The second kappa shape index (κ2) is 6.04. The normalized spacial score (nSPS) is 11.8. The quantitative estimate of drug-likeness (QED) is 0.911. The Hall–Kier alpha value is -1.90. The van der Waals surface area contributed by atoms with Gasteiger partial charge in [0.1, 0.15) is 28.9 Å². The van der Waals surface area contributed by atoms with Crippen molar-refractivity contribution in [3.8, 4) is 17.6 Å². The van der Waals surface area contributed by atoms with Crippen molar-refractivity contribution >= 4 is 15.9 Å². The minimum atomic E-state index is -0.603. The molecule has 0 bridgehead atoms. The van der Waals surface area contributed by atoms with E-state index in [9.17, 15) is 4.39 Å². The molecular formula is C15H12BrFN2O. The first kappa shape index (κ1) is 14.5. The molecule has 102 valence electrons. The topological polar surface area (TPSA) is 59.0 Å². The fourth-order valence-corrected chi connectivity index (χ4v) is 2.18. The molecule has 5 heteroatoms. The van der Waals surface area contributed by atoms with E-state index in [-0.39, 0.29) is 17.4 Å². The molecule has 0 aromatic heterocycles. The highest BCUT2D eigenvalue weighted by atomic mass is 79.9. The van der Waals surface area contributed by atoms with E-state index in [1.807, 2.05) is 19.1 Å². The molecular weight excluding hydrogens is 323 g/mol. The SMILES string of the molecule is C[C@H](N)c1ccc(Oc2cccc(F)c2C#N)c(Br)c1. The molecule has 0 unspecified atom stereocenters. The highest BCUT2D eigenvalue weighted by Gasteiger charge is 2.12. The number of halogens is 2. The van der Waals surface area contributed by atoms with Crippen molar-refractivity contribution in [3.05, 3.63) is 57.8 Å². The van der Waals surface area contributed by atoms with E-state index in [1.54, 1.807) is 18.2 Å². The second-order valence-electron chi connectivity index (χ2n) is 4.31. The van der Waals surface area contributed by atoms with Gasteiger partial charge < -0.3 is 10.5 Å². The van der Waals surface area contributed by atoms with Gasteiger partial charge in [-0.05, 0) is 52.7 Å². The van der Waals surface area contributed by atoms with Crippen LogP contribution in [0.5, 0.6) is 11.5 Å². The van der Waals surface area contributed by atoms with Gasteiger partial charge in [0.25, 0.3) is 0 Å². The summed E-state index contributed by atoms with van der Waals surface area (Å²) in [4.78, 5) is 0. The van der Waals surface area contributed by atoms with Crippen molar-refractivity contribution in [1.29, 1.82) is 5.26 Å². The summed E-state index contributed by atoms with van der Waals surface area (Å²) in [5.41, 5.74) is 6.63. The zero-order valence-electron chi connectivity index (χ0n) is 10.7. The van der Waals surface area contributed by atoms with Gasteiger partial charge in [-0.1, -0.05) is 12.1 Å². The van der Waals surface area contributed by atoms with E-state index in [0.717, 1.165) is 5.56 Å². The van der Waals surface area contributed by atoms with Crippen LogP contribution < -0.4 is 10.5 Å². The maximum absolute atomic E-state index is 13.5. The Morgan fingerprint density at radius 3 is 2.65 bits per heavy atom. The van der Waals surface area contributed by atoms with Crippen LogP contribution in [0.1, 0.15) is 24.1 Å². The zero-order valence-corrected chi connectivity index (χ0v) is 12.3. The van der Waals surface area contributed by atoms with E-state index < -0.39 is 5.82 Å². The molecule has 2 aromatic carbocycles. The zero-order chi connectivity index (χ0) is 14.7. The number of hydrogen-bond donors (Lipinski definition) is 1. The van der Waals surface area contributed by atoms with Gasteiger partial charge in [-0.2, -0.15) is 5.26 Å². The van der Waals surface area contributed by atoms with Crippen LogP contribution in [-0.4, -0.2) is 0 Å². The number of nitrogens with two attached hydrogens (primary N) is 1. The summed E-state index contributed by atoms with van der Waals surface area (Å²) in [6, 6.07) is 11.4. The molecule has 3 nitrogen and oxygen atoms in total. The molecule has 2 N–H and O–H groups in total. The fraction of sp³-hybridized carbons (Fsp3) is 0.133. The molecule has 0 fully saturated rings. The number of hydrogen-bond acceptors (Lipinski definition) is 3. The lowest BCUT2D eigenvalue weighted by atomic mass is 10.1. The van der Waals surface area contributed by atoms with E-state index in [0.29, 0.717) is 10.2 Å². The van der Waals surface area contributed by atoms with Crippen LogP contribution in [0.3, 0.4) is 0 Å². The summed E-state index contributed by atoms with van der Waals surface area (Å²) in [6.07, 6.45) is 0. The predicted molar refractivity (Wildman–Crippen MR) is 77.9 cm³/mol. The number of nitrogens with zero attached hydrogens (tertiary/aromatic N) is 1. The van der Waals surface area contributed by atoms with Crippen molar-refractivity contribution in [2.45, 2.75) is 13.0 Å². The molecule has 0 spiro atoms. The van der Waals surface area contributed by atoms with Crippen LogP contribution in [-0.2, 0) is 0 Å². The first-order valence-corrected chi connectivity index (χ1v) is 6.73. The highest BCUT2D eigenvalue weighted by molar-refractivity contribution is 9.10. The molecule has 0 saturated carbocycles. The Balaban J connectivity index is 2.36. The van der Waals surface area contributed by atoms with Gasteiger partial charge in [-0.25, -0.2) is 4.39 Å². The average Bonchev–Trinajstić information content (AvgIpc) is 2.41. The smallest absolute Gasteiger partial charge is 0.148 e. The number of ether oxygens (including phenoxy) is 1. The maximum Gasteiger partial charge on any atom is 0.148 e. The van der Waals surface area contributed by atoms with E-state index in [2.05, 4.69) is 15.9 Å². The van der Waals surface area contributed by atoms with Gasteiger partial charge in [-0.3, -0.25) is 0 Å². The van der Waals surface area contributed by atoms with Crippen molar-refractivity contribution in [2.75, 3.05) is 0 Å². The van der Waals surface area contributed by atoms with Crippen molar-refractivity contribution < 1.29 is 9.13 Å². The number of benzene rings is 2. The number of nitriles is 1. The van der Waals surface area contributed by atoms with Crippen LogP contribution in [0.25, 0.3) is 0 Å². The van der Waals surface area contributed by atoms with Gasteiger partial charge in [0.05, 0.1) is 4.47 Å². The Bertz CT molecular complexity index is 680. The summed E-state index contributed by atoms with van der Waals surface area (Å²) in [7, 11) is 0. The van der Waals surface area contributed by atoms with Gasteiger partial charge >= 0.3 is 0 Å². The van der Waals surface area contributed by atoms with Crippen LogP contribution in [0.4, 0.5) is 4.39 Å². The summed E-state index contributed by atoms with van der Waals surface area (Å²) >= 11 is 3.38. The lowest BCUT2D eigenvalue weighted by Gasteiger charge is -2.12. The minimum Gasteiger partial charge on any atom is -0.455 e. The van der Waals surface area contributed by atoms with Gasteiger partial charge in [0, 0.05) is 6.04 Å². The van der Waals surface area contributed by atoms with Crippen LogP contribution in [0, 0.1) is 17.1 Å². The highest BCUT2D eigenvalue weighted by Crippen LogP contribution is 2.33. The Kier molecular flexibility index (Phi) is 4.38. The molecule has 0 aliphatic heterocycles. The van der Waals surface area contributed by atoms with Crippen LogP contribution in [0.2, 0.25) is 0 Å². The van der Waals surface area contributed by atoms with Crippen molar-refractivity contribution in [1.82, 2.24) is 0 Å². The molecule has 0 aliphatic carbocycles. The summed E-state index contributed by atoms with van der Waals surface area (Å²) < 4.78 is 19.8. The van der Waals surface area contributed by atoms with E-state index in [1.165, 1.54) is 12.1 Å². The van der Waals surface area contributed by atoms with Gasteiger partial charge in [0.15, 0.2) is 0 Å². The summed E-state index contributed by atoms with van der Waals surface area (Å²) in [6.45, 7) is 1.88. The van der Waals surface area contributed by atoms with Gasteiger partial charge in [0.2, 0.25) is 0 Å². The first-order valence-electron chi connectivity index (χ1n) is 5.94. The van der Waals surface area contributed by atoms with Crippen LogP contribution in [0.15, 0.2) is 40.9 Å². The third-order valence-corrected chi connectivity index (χ3v) is 3.41. The van der Waals surface area contributed by atoms with E-state index in [4.69, 9.17) is 15.7 Å². The molecule has 0 aliphatic rings. The van der Waals surface area contributed by atoms with Gasteiger partial charge in [-0.15, -0.1) is 0 Å². The molecule has 20 heavy (non-hydrogen) atoms. The molecule has 0 saturated heterocycles. The summed E-state index contributed by atoms with van der Waals surface area (Å²) in [5.74, 6) is 0.0755. The molecule has 0 amide bonds. The Morgan fingerprint density at radius 1 is 1.30 bits per heavy atom. The van der Waals surface area contributed by atoms with E-state index >= 15 is 0 Å². The Morgan fingerprint density at radius 2 is 2.05 bits per heavy atom. The van der Waals surface area contributed by atoms with Crippen molar-refractivity contribution in [2.24, 2.45) is 5.73 Å². The Labute approximate surface area is 124 Å². The molecule has 0 heterocycles. The first-order chi connectivity index (χ1) is 9.52. The summed E-state index contributed by atoms with van der Waals surface area (Å²) in [5, 5.41) is 8.97. The standard InChI is InChI=1S/C15H12BrFN2O/c1-9(19)10-5-6-15(12(16)7-10)20-14-4-2-3-13(17)11(14)8-18/h2-7,9H,19H2,1H3/t9-/m0/s1. The minimum absolute atomic E-state index is 0.0933. The number of rotatable bonds is 3. The largest absolute Gasteiger partial charge is 0.455 e. The fourth-order valence-electron chi connectivity index (χ4n) is 1.70. The molecule has 2 rings (SSSR count).